The molecule has 1 N–H and O–H groups in total. The first-order valence-corrected chi connectivity index (χ1v) is 10.8. The van der Waals surface area contributed by atoms with Gasteiger partial charge in [-0.15, -0.1) is 0 Å². The van der Waals surface area contributed by atoms with Crippen molar-refractivity contribution in [3.8, 4) is 5.75 Å². The lowest BCUT2D eigenvalue weighted by molar-refractivity contribution is -0.116. The molecule has 0 radical (unpaired) electrons. The van der Waals surface area contributed by atoms with E-state index in [1.54, 1.807) is 25.1 Å². The number of fused-ring (bicyclic) bond motifs is 1. The summed E-state index contributed by atoms with van der Waals surface area (Å²) in [4.78, 5) is 32.8. The van der Waals surface area contributed by atoms with Crippen molar-refractivity contribution in [2.24, 2.45) is 0 Å². The van der Waals surface area contributed by atoms with Crippen LogP contribution in [0.4, 0.5) is 5.69 Å². The maximum absolute atomic E-state index is 13.1. The number of carbonyl (C=O) groups is 1. The molecule has 2 heterocycles. The predicted octanol–water partition coefficient (Wildman–Crippen LogP) is 3.41. The van der Waals surface area contributed by atoms with E-state index in [4.69, 9.17) is 16.3 Å². The molecule has 0 saturated heterocycles. The van der Waals surface area contributed by atoms with Crippen molar-refractivity contribution in [2.75, 3.05) is 19.0 Å². The summed E-state index contributed by atoms with van der Waals surface area (Å²) in [7, 11) is 1.52. The molecule has 2 aromatic carbocycles. The zero-order chi connectivity index (χ0) is 22.7. The summed E-state index contributed by atoms with van der Waals surface area (Å²) >= 11 is 6.03. The van der Waals surface area contributed by atoms with Gasteiger partial charge in [-0.3, -0.25) is 19.1 Å². The Balaban J connectivity index is 1.50. The minimum absolute atomic E-state index is 0.131. The van der Waals surface area contributed by atoms with E-state index in [-0.39, 0.29) is 18.0 Å². The Hall–Kier alpha value is -3.16. The van der Waals surface area contributed by atoms with E-state index in [2.05, 4.69) is 27.3 Å². The van der Waals surface area contributed by atoms with Gasteiger partial charge in [-0.25, -0.2) is 4.98 Å². The molecule has 8 heteroatoms. The third-order valence-electron chi connectivity index (χ3n) is 5.58. The Morgan fingerprint density at radius 3 is 2.75 bits per heavy atom. The van der Waals surface area contributed by atoms with Crippen LogP contribution < -0.4 is 15.6 Å². The van der Waals surface area contributed by atoms with Gasteiger partial charge in [-0.05, 0) is 37.1 Å². The molecule has 1 aliphatic rings. The van der Waals surface area contributed by atoms with Crippen molar-refractivity contribution in [3.05, 3.63) is 86.6 Å². The minimum Gasteiger partial charge on any atom is -0.495 e. The first-order valence-electron chi connectivity index (χ1n) is 10.4. The molecule has 3 aromatic rings. The molecular formula is C24H25ClN4O3. The Morgan fingerprint density at radius 1 is 1.22 bits per heavy atom. The lowest BCUT2D eigenvalue weighted by Crippen LogP contribution is -2.39. The van der Waals surface area contributed by atoms with Gasteiger partial charge in [0.1, 0.15) is 18.1 Å². The predicted molar refractivity (Wildman–Crippen MR) is 124 cm³/mol. The Bertz CT molecular complexity index is 1190. The quantitative estimate of drug-likeness (QED) is 0.620. The second-order valence-corrected chi connectivity index (χ2v) is 8.25. The van der Waals surface area contributed by atoms with E-state index in [0.717, 1.165) is 18.8 Å². The third kappa shape index (κ3) is 4.84. The highest BCUT2D eigenvalue weighted by atomic mass is 35.5. The van der Waals surface area contributed by atoms with Crippen LogP contribution in [0.15, 0.2) is 53.3 Å². The second-order valence-electron chi connectivity index (χ2n) is 7.81. The standard InChI is InChI=1S/C24H25ClN4O3/c1-16-26-21-14-28(13-17-6-4-3-5-7-17)11-10-19(21)24(31)29(16)15-23(30)27-20-12-18(25)8-9-22(20)32-2/h3-9,12H,10-11,13-15H2,1-2H3,(H,27,30). The monoisotopic (exact) mass is 452 g/mol. The fraction of sp³-hybridized carbons (Fsp3) is 0.292. The van der Waals surface area contributed by atoms with Gasteiger partial charge < -0.3 is 10.1 Å². The molecule has 0 spiro atoms. The van der Waals surface area contributed by atoms with E-state index >= 15 is 0 Å². The van der Waals surface area contributed by atoms with Crippen LogP contribution in [0.1, 0.15) is 22.6 Å². The Kier molecular flexibility index (Phi) is 6.58. The summed E-state index contributed by atoms with van der Waals surface area (Å²) in [6, 6.07) is 15.2. The topological polar surface area (TPSA) is 76.5 Å². The summed E-state index contributed by atoms with van der Waals surface area (Å²) in [6.07, 6.45) is 0.609. The van der Waals surface area contributed by atoms with Crippen molar-refractivity contribution in [1.82, 2.24) is 14.5 Å². The molecule has 4 rings (SSSR count). The zero-order valence-electron chi connectivity index (χ0n) is 18.1. The maximum atomic E-state index is 13.1. The Labute approximate surface area is 191 Å². The number of halogens is 1. The molecule has 7 nitrogen and oxygen atoms in total. The summed E-state index contributed by atoms with van der Waals surface area (Å²) in [5.41, 5.74) is 3.02. The van der Waals surface area contributed by atoms with Crippen LogP contribution in [0.5, 0.6) is 5.75 Å². The molecule has 166 valence electrons. The van der Waals surface area contributed by atoms with E-state index in [1.807, 2.05) is 18.2 Å². The van der Waals surface area contributed by atoms with Crippen LogP contribution in [-0.2, 0) is 30.8 Å². The van der Waals surface area contributed by atoms with Gasteiger partial charge in [-0.2, -0.15) is 0 Å². The van der Waals surface area contributed by atoms with Crippen LogP contribution >= 0.6 is 11.6 Å². The number of hydrogen-bond acceptors (Lipinski definition) is 5. The lowest BCUT2D eigenvalue weighted by atomic mass is 10.1. The lowest BCUT2D eigenvalue weighted by Gasteiger charge is -2.28. The smallest absolute Gasteiger partial charge is 0.257 e. The normalized spacial score (nSPS) is 13.5. The molecule has 1 aliphatic heterocycles. The number of hydrogen-bond donors (Lipinski definition) is 1. The first kappa shape index (κ1) is 22.0. The molecule has 1 aromatic heterocycles. The number of rotatable bonds is 6. The summed E-state index contributed by atoms with van der Waals surface area (Å²) < 4.78 is 6.70. The SMILES string of the molecule is COc1ccc(Cl)cc1NC(=O)Cn1c(C)nc2c(c1=O)CCN(Cc1ccccc1)C2. The van der Waals surface area contributed by atoms with Crippen LogP contribution in [-0.4, -0.2) is 34.0 Å². The largest absolute Gasteiger partial charge is 0.495 e. The minimum atomic E-state index is -0.348. The van der Waals surface area contributed by atoms with Gasteiger partial charge in [0.15, 0.2) is 0 Å². The van der Waals surface area contributed by atoms with Gasteiger partial charge in [0, 0.05) is 30.2 Å². The fourth-order valence-electron chi connectivity index (χ4n) is 3.97. The van der Waals surface area contributed by atoms with E-state index in [9.17, 15) is 9.59 Å². The molecule has 1 amide bonds. The molecule has 0 fully saturated rings. The van der Waals surface area contributed by atoms with E-state index in [0.29, 0.717) is 40.8 Å². The number of aryl methyl sites for hydroxylation is 1. The van der Waals surface area contributed by atoms with Gasteiger partial charge in [-0.1, -0.05) is 41.9 Å². The fourth-order valence-corrected chi connectivity index (χ4v) is 4.15. The third-order valence-corrected chi connectivity index (χ3v) is 5.81. The van der Waals surface area contributed by atoms with Crippen LogP contribution in [0.2, 0.25) is 5.02 Å². The maximum Gasteiger partial charge on any atom is 0.257 e. The van der Waals surface area contributed by atoms with Crippen molar-refractivity contribution in [1.29, 1.82) is 0 Å². The van der Waals surface area contributed by atoms with Crippen molar-refractivity contribution in [2.45, 2.75) is 33.0 Å². The number of methoxy groups -OCH3 is 1. The highest BCUT2D eigenvalue weighted by Crippen LogP contribution is 2.27. The number of nitrogens with one attached hydrogen (secondary N) is 1. The van der Waals surface area contributed by atoms with Crippen LogP contribution in [0, 0.1) is 6.92 Å². The number of ether oxygens (including phenoxy) is 1. The summed E-state index contributed by atoms with van der Waals surface area (Å²) in [5, 5.41) is 3.25. The zero-order valence-corrected chi connectivity index (χ0v) is 18.9. The Morgan fingerprint density at radius 2 is 2.00 bits per heavy atom. The highest BCUT2D eigenvalue weighted by Gasteiger charge is 2.23. The van der Waals surface area contributed by atoms with Crippen molar-refractivity contribution >= 4 is 23.2 Å². The molecule has 0 aliphatic carbocycles. The second kappa shape index (κ2) is 9.54. The molecular weight excluding hydrogens is 428 g/mol. The average molecular weight is 453 g/mol. The number of benzene rings is 2. The average Bonchev–Trinajstić information content (AvgIpc) is 2.77. The van der Waals surface area contributed by atoms with Crippen molar-refractivity contribution in [3.63, 3.8) is 0 Å². The number of aromatic nitrogens is 2. The number of amides is 1. The molecule has 0 unspecified atom stereocenters. The molecule has 0 saturated carbocycles. The molecule has 0 bridgehead atoms. The van der Waals surface area contributed by atoms with Gasteiger partial charge in [0.25, 0.3) is 5.56 Å². The number of anilines is 1. The van der Waals surface area contributed by atoms with Crippen molar-refractivity contribution < 1.29 is 9.53 Å². The van der Waals surface area contributed by atoms with Gasteiger partial charge in [0.2, 0.25) is 5.91 Å². The van der Waals surface area contributed by atoms with Crippen LogP contribution in [0.3, 0.4) is 0 Å². The van der Waals surface area contributed by atoms with Gasteiger partial charge in [0.05, 0.1) is 18.5 Å². The summed E-state index contributed by atoms with van der Waals surface area (Å²) in [6.45, 7) is 3.83. The highest BCUT2D eigenvalue weighted by molar-refractivity contribution is 6.31. The number of nitrogens with zero attached hydrogens (tertiary/aromatic N) is 3. The van der Waals surface area contributed by atoms with E-state index < -0.39 is 0 Å². The summed E-state index contributed by atoms with van der Waals surface area (Å²) in [5.74, 6) is 0.663. The molecule has 32 heavy (non-hydrogen) atoms. The first-order chi connectivity index (χ1) is 15.4. The van der Waals surface area contributed by atoms with Gasteiger partial charge >= 0.3 is 0 Å². The van der Waals surface area contributed by atoms with Crippen LogP contribution in [0.25, 0.3) is 0 Å². The van der Waals surface area contributed by atoms with E-state index in [1.165, 1.54) is 17.2 Å². The number of carbonyl (C=O) groups excluding carboxylic acids is 1. The molecule has 0 atom stereocenters.